The van der Waals surface area contributed by atoms with E-state index in [1.54, 1.807) is 48.5 Å². The third-order valence-electron chi connectivity index (χ3n) is 4.07. The summed E-state index contributed by atoms with van der Waals surface area (Å²) in [4.78, 5) is 36.3. The molecule has 0 saturated carbocycles. The van der Waals surface area contributed by atoms with Crippen molar-refractivity contribution in [2.24, 2.45) is 0 Å². The van der Waals surface area contributed by atoms with Gasteiger partial charge in [-0.3, -0.25) is 14.4 Å². The van der Waals surface area contributed by atoms with Gasteiger partial charge in [-0.05, 0) is 25.1 Å². The smallest absolute Gasteiger partial charge is 0.312 e. The van der Waals surface area contributed by atoms with Gasteiger partial charge in [0.1, 0.15) is 6.07 Å². The van der Waals surface area contributed by atoms with Gasteiger partial charge in [-0.2, -0.15) is 10.4 Å². The van der Waals surface area contributed by atoms with Crippen molar-refractivity contribution in [1.82, 2.24) is 10.2 Å². The van der Waals surface area contributed by atoms with E-state index in [4.69, 9.17) is 10.00 Å². The van der Waals surface area contributed by atoms with Crippen LogP contribution in [-0.4, -0.2) is 28.2 Å². The lowest BCUT2D eigenvalue weighted by molar-refractivity contribution is -0.152. The molecule has 0 unspecified atom stereocenters. The second-order valence-corrected chi connectivity index (χ2v) is 6.00. The number of nitrogens with one attached hydrogen (secondary N) is 2. The number of aromatic amines is 1. The molecular formula is C20H16N4O4. The molecule has 140 valence electrons. The average Bonchev–Trinajstić information content (AvgIpc) is 2.70. The molecule has 28 heavy (non-hydrogen) atoms. The highest BCUT2D eigenvalue weighted by atomic mass is 16.5. The molecule has 1 aromatic heterocycles. The highest BCUT2D eigenvalue weighted by Gasteiger charge is 2.20. The molecule has 0 aliphatic rings. The van der Waals surface area contributed by atoms with Gasteiger partial charge in [0.25, 0.3) is 11.5 Å². The summed E-state index contributed by atoms with van der Waals surface area (Å²) in [6.45, 7) is 1.43. The van der Waals surface area contributed by atoms with Gasteiger partial charge < -0.3 is 10.1 Å². The van der Waals surface area contributed by atoms with Gasteiger partial charge in [0.15, 0.2) is 6.10 Å². The number of fused-ring (bicyclic) bond motifs is 1. The van der Waals surface area contributed by atoms with Crippen molar-refractivity contribution < 1.29 is 14.3 Å². The third-order valence-corrected chi connectivity index (χ3v) is 4.07. The number of H-pyrrole nitrogens is 1. The second-order valence-electron chi connectivity index (χ2n) is 6.00. The lowest BCUT2D eigenvalue weighted by atomic mass is 10.1. The normalized spacial score (nSPS) is 11.4. The highest BCUT2D eigenvalue weighted by molar-refractivity contribution is 5.96. The number of ether oxygens (including phenoxy) is 1. The van der Waals surface area contributed by atoms with Crippen LogP contribution in [0, 0.1) is 11.3 Å². The summed E-state index contributed by atoms with van der Waals surface area (Å²) in [6.07, 6.45) is -1.28. The van der Waals surface area contributed by atoms with Gasteiger partial charge in [-0.25, -0.2) is 5.10 Å². The number of aromatic nitrogens is 2. The fourth-order valence-corrected chi connectivity index (χ4v) is 2.66. The van der Waals surface area contributed by atoms with E-state index < -0.39 is 18.0 Å². The average molecular weight is 376 g/mol. The van der Waals surface area contributed by atoms with Crippen LogP contribution in [0.4, 0.5) is 5.69 Å². The fourth-order valence-electron chi connectivity index (χ4n) is 2.66. The minimum absolute atomic E-state index is 0.205. The Kier molecular flexibility index (Phi) is 5.46. The van der Waals surface area contributed by atoms with E-state index in [0.717, 1.165) is 0 Å². The number of amides is 1. The molecule has 0 radical (unpaired) electrons. The molecule has 8 nitrogen and oxygen atoms in total. The number of hydrogen-bond acceptors (Lipinski definition) is 6. The molecule has 3 rings (SSSR count). The van der Waals surface area contributed by atoms with Crippen molar-refractivity contribution in [3.05, 3.63) is 70.1 Å². The van der Waals surface area contributed by atoms with Crippen LogP contribution in [0.5, 0.6) is 0 Å². The Morgan fingerprint density at radius 3 is 2.61 bits per heavy atom. The summed E-state index contributed by atoms with van der Waals surface area (Å²) < 4.78 is 5.18. The first kappa shape index (κ1) is 18.8. The number of carbonyl (C=O) groups excluding carboxylic acids is 2. The number of nitriles is 1. The molecule has 2 N–H and O–H groups in total. The molecule has 1 atom stereocenters. The maximum atomic E-state index is 12.3. The van der Waals surface area contributed by atoms with E-state index in [1.807, 2.05) is 6.07 Å². The first-order chi connectivity index (χ1) is 13.5. The largest absolute Gasteiger partial charge is 0.452 e. The fraction of sp³-hybridized carbons (Fsp3) is 0.150. The van der Waals surface area contributed by atoms with Crippen LogP contribution in [0.25, 0.3) is 10.8 Å². The maximum absolute atomic E-state index is 12.3. The lowest BCUT2D eigenvalue weighted by Gasteiger charge is -2.14. The number of anilines is 1. The maximum Gasteiger partial charge on any atom is 0.312 e. The number of para-hydroxylation sites is 1. The lowest BCUT2D eigenvalue weighted by Crippen LogP contribution is -2.31. The van der Waals surface area contributed by atoms with Crippen LogP contribution >= 0.6 is 0 Å². The van der Waals surface area contributed by atoms with Crippen molar-refractivity contribution >= 4 is 28.3 Å². The molecular weight excluding hydrogens is 360 g/mol. The molecule has 0 saturated heterocycles. The first-order valence-electron chi connectivity index (χ1n) is 8.45. The molecule has 0 aliphatic carbocycles. The van der Waals surface area contributed by atoms with Gasteiger partial charge in [0.05, 0.1) is 28.8 Å². The molecule has 1 heterocycles. The van der Waals surface area contributed by atoms with E-state index in [1.165, 1.54) is 6.92 Å². The highest BCUT2D eigenvalue weighted by Crippen LogP contribution is 2.15. The number of rotatable bonds is 5. The Balaban J connectivity index is 1.68. The standard InChI is InChI=1S/C20H16N4O4/c1-12(19(26)22-16-9-5-2-6-13(16)11-21)28-18(25)10-17-14-7-3-4-8-15(14)20(27)24-23-17/h2-9,12H,10H2,1H3,(H,22,26)(H,24,27)/t12-/m1/s1. The zero-order chi connectivity index (χ0) is 20.1. The van der Waals surface area contributed by atoms with Crippen molar-refractivity contribution in [3.8, 4) is 6.07 Å². The van der Waals surface area contributed by atoms with Crippen molar-refractivity contribution in [2.45, 2.75) is 19.4 Å². The van der Waals surface area contributed by atoms with Crippen LogP contribution in [-0.2, 0) is 20.7 Å². The van der Waals surface area contributed by atoms with E-state index in [2.05, 4.69) is 15.5 Å². The predicted molar refractivity (Wildman–Crippen MR) is 101 cm³/mol. The van der Waals surface area contributed by atoms with Crippen LogP contribution in [0.3, 0.4) is 0 Å². The number of nitrogens with zero attached hydrogens (tertiary/aromatic N) is 2. The minimum Gasteiger partial charge on any atom is -0.452 e. The molecule has 0 aliphatic heterocycles. The Morgan fingerprint density at radius 2 is 1.86 bits per heavy atom. The summed E-state index contributed by atoms with van der Waals surface area (Å²) in [5.41, 5.74) is 0.642. The Hall–Kier alpha value is -3.99. The quantitative estimate of drug-likeness (QED) is 0.655. The Morgan fingerprint density at radius 1 is 1.18 bits per heavy atom. The van der Waals surface area contributed by atoms with E-state index in [-0.39, 0.29) is 12.0 Å². The van der Waals surface area contributed by atoms with Gasteiger partial charge >= 0.3 is 5.97 Å². The van der Waals surface area contributed by atoms with E-state index in [0.29, 0.717) is 27.7 Å². The Bertz CT molecular complexity index is 1150. The number of benzene rings is 2. The second kappa shape index (κ2) is 8.14. The molecule has 0 fully saturated rings. The predicted octanol–water partition coefficient (Wildman–Crippen LogP) is 1.91. The topological polar surface area (TPSA) is 125 Å². The van der Waals surface area contributed by atoms with Gasteiger partial charge in [-0.15, -0.1) is 0 Å². The summed E-state index contributed by atoms with van der Waals surface area (Å²) in [7, 11) is 0. The van der Waals surface area contributed by atoms with Crippen molar-refractivity contribution in [3.63, 3.8) is 0 Å². The van der Waals surface area contributed by atoms with E-state index in [9.17, 15) is 14.4 Å². The van der Waals surface area contributed by atoms with Gasteiger partial charge in [0.2, 0.25) is 0 Å². The zero-order valence-electron chi connectivity index (χ0n) is 14.9. The zero-order valence-corrected chi connectivity index (χ0v) is 14.9. The monoisotopic (exact) mass is 376 g/mol. The summed E-state index contributed by atoms with van der Waals surface area (Å²) >= 11 is 0. The van der Waals surface area contributed by atoms with Crippen molar-refractivity contribution in [2.75, 3.05) is 5.32 Å². The van der Waals surface area contributed by atoms with Gasteiger partial charge in [0, 0.05) is 5.39 Å². The summed E-state index contributed by atoms with van der Waals surface area (Å²) in [6, 6.07) is 15.3. The van der Waals surface area contributed by atoms with Crippen LogP contribution < -0.4 is 10.9 Å². The molecule has 0 spiro atoms. The number of esters is 1. The Labute approximate surface area is 159 Å². The summed E-state index contributed by atoms with van der Waals surface area (Å²) in [5, 5.41) is 18.9. The van der Waals surface area contributed by atoms with Crippen LogP contribution in [0.15, 0.2) is 53.3 Å². The molecule has 1 amide bonds. The molecule has 3 aromatic rings. The molecule has 8 heteroatoms. The molecule has 0 bridgehead atoms. The summed E-state index contributed by atoms with van der Waals surface area (Å²) in [5.74, 6) is -1.23. The van der Waals surface area contributed by atoms with Crippen LogP contribution in [0.2, 0.25) is 0 Å². The first-order valence-corrected chi connectivity index (χ1v) is 8.45. The number of hydrogen-bond donors (Lipinski definition) is 2. The van der Waals surface area contributed by atoms with Crippen molar-refractivity contribution in [1.29, 1.82) is 5.26 Å². The number of carbonyl (C=O) groups is 2. The van der Waals surface area contributed by atoms with Crippen LogP contribution in [0.1, 0.15) is 18.2 Å². The minimum atomic E-state index is -1.08. The van der Waals surface area contributed by atoms with E-state index >= 15 is 0 Å². The van der Waals surface area contributed by atoms with Gasteiger partial charge in [-0.1, -0.05) is 30.3 Å². The molecule has 2 aromatic carbocycles. The third kappa shape index (κ3) is 4.04. The SMILES string of the molecule is C[C@@H](OC(=O)Cc1n[nH]c(=O)c2ccccc12)C(=O)Nc1ccccc1C#N.